The molecule has 1 nitrogen and oxygen atoms in total. The van der Waals surface area contributed by atoms with Crippen LogP contribution in [0.15, 0.2) is 12.2 Å². The molecule has 0 amide bonds. The summed E-state index contributed by atoms with van der Waals surface area (Å²) in [5, 5.41) is 0. The molecule has 0 aromatic carbocycles. The van der Waals surface area contributed by atoms with E-state index in [0.717, 1.165) is 41.9 Å². The van der Waals surface area contributed by atoms with Crippen LogP contribution in [0.5, 0.6) is 0 Å². The van der Waals surface area contributed by atoms with Gasteiger partial charge in [0.2, 0.25) is 0 Å². The minimum absolute atomic E-state index is 0.291. The maximum absolute atomic E-state index is 12.0. The predicted molar refractivity (Wildman–Crippen MR) is 118 cm³/mol. The van der Waals surface area contributed by atoms with Crippen LogP contribution in [-0.2, 0) is 4.79 Å². The van der Waals surface area contributed by atoms with Gasteiger partial charge in [0.1, 0.15) is 0 Å². The summed E-state index contributed by atoms with van der Waals surface area (Å²) in [6.07, 6.45) is 17.8. The number of hydrogen-bond donors (Lipinski definition) is 0. The largest absolute Gasteiger partial charge is 0.295 e. The Labute approximate surface area is 174 Å². The van der Waals surface area contributed by atoms with Gasteiger partial charge in [0.25, 0.3) is 0 Å². The third-order valence-corrected chi connectivity index (χ3v) is 10.2. The van der Waals surface area contributed by atoms with E-state index in [0.29, 0.717) is 22.5 Å². The predicted octanol–water partition coefficient (Wildman–Crippen LogP) is 7.45. The molecular formula is C27H44O. The zero-order valence-corrected chi connectivity index (χ0v) is 19.2. The lowest BCUT2D eigenvalue weighted by molar-refractivity contribution is -0.122. The molecule has 158 valence electrons. The van der Waals surface area contributed by atoms with E-state index in [9.17, 15) is 4.79 Å². The fourth-order valence-electron chi connectivity index (χ4n) is 8.66. The smallest absolute Gasteiger partial charge is 0.155 e. The van der Waals surface area contributed by atoms with Crippen molar-refractivity contribution in [3.05, 3.63) is 12.2 Å². The van der Waals surface area contributed by atoms with Crippen molar-refractivity contribution in [3.63, 3.8) is 0 Å². The molecular weight excluding hydrogens is 340 g/mol. The number of rotatable bonds is 5. The molecule has 3 saturated carbocycles. The van der Waals surface area contributed by atoms with Crippen LogP contribution in [0.4, 0.5) is 0 Å². The van der Waals surface area contributed by atoms with E-state index >= 15 is 0 Å². The van der Waals surface area contributed by atoms with E-state index in [1.165, 1.54) is 57.8 Å². The number of allylic oxidation sites excluding steroid dienone is 2. The average Bonchev–Trinajstić information content (AvgIpc) is 2.99. The van der Waals surface area contributed by atoms with Gasteiger partial charge in [-0.1, -0.05) is 60.0 Å². The molecule has 0 spiro atoms. The molecule has 0 aromatic heterocycles. The van der Waals surface area contributed by atoms with Crippen LogP contribution in [0.3, 0.4) is 0 Å². The highest BCUT2D eigenvalue weighted by Gasteiger charge is 2.59. The average molecular weight is 385 g/mol. The molecule has 4 aliphatic rings. The van der Waals surface area contributed by atoms with Crippen molar-refractivity contribution in [3.8, 4) is 0 Å². The summed E-state index contributed by atoms with van der Waals surface area (Å²) in [6.45, 7) is 12.5. The molecule has 0 aromatic rings. The zero-order valence-electron chi connectivity index (χ0n) is 19.2. The second kappa shape index (κ2) is 7.59. The van der Waals surface area contributed by atoms with Crippen molar-refractivity contribution < 1.29 is 4.79 Å². The Morgan fingerprint density at radius 1 is 1.00 bits per heavy atom. The van der Waals surface area contributed by atoms with Crippen LogP contribution in [0, 0.1) is 52.3 Å². The van der Waals surface area contributed by atoms with Crippen LogP contribution in [0.2, 0.25) is 0 Å². The first-order chi connectivity index (χ1) is 13.3. The molecule has 4 aliphatic carbocycles. The fourth-order valence-corrected chi connectivity index (χ4v) is 8.66. The number of ketones is 1. The lowest BCUT2D eigenvalue weighted by Gasteiger charge is -2.59. The molecule has 28 heavy (non-hydrogen) atoms. The highest BCUT2D eigenvalue weighted by Crippen LogP contribution is 2.67. The third-order valence-electron chi connectivity index (χ3n) is 10.2. The molecule has 3 fully saturated rings. The minimum Gasteiger partial charge on any atom is -0.295 e. The molecule has 0 radical (unpaired) electrons. The Morgan fingerprint density at radius 3 is 2.54 bits per heavy atom. The first kappa shape index (κ1) is 20.7. The summed E-state index contributed by atoms with van der Waals surface area (Å²) in [6, 6.07) is 0. The molecule has 5 unspecified atom stereocenters. The van der Waals surface area contributed by atoms with Gasteiger partial charge in [-0.15, -0.1) is 0 Å². The summed E-state index contributed by atoms with van der Waals surface area (Å²) >= 11 is 0. The molecule has 4 rings (SSSR count). The zero-order chi connectivity index (χ0) is 20.1. The van der Waals surface area contributed by atoms with Gasteiger partial charge in [-0.05, 0) is 96.9 Å². The molecule has 0 bridgehead atoms. The van der Waals surface area contributed by atoms with E-state index in [2.05, 4.69) is 40.7 Å². The third kappa shape index (κ3) is 3.33. The Morgan fingerprint density at radius 2 is 1.79 bits per heavy atom. The number of fused-ring (bicyclic) bond motifs is 5. The van der Waals surface area contributed by atoms with Crippen molar-refractivity contribution in [1.82, 2.24) is 0 Å². The maximum atomic E-state index is 12.0. The summed E-state index contributed by atoms with van der Waals surface area (Å²) in [5.74, 6) is 6.34. The van der Waals surface area contributed by atoms with E-state index in [4.69, 9.17) is 0 Å². The highest BCUT2D eigenvalue weighted by atomic mass is 16.1. The lowest BCUT2D eigenvalue weighted by atomic mass is 9.45. The van der Waals surface area contributed by atoms with Crippen LogP contribution >= 0.6 is 0 Å². The molecule has 8 atom stereocenters. The van der Waals surface area contributed by atoms with E-state index in [1.54, 1.807) is 0 Å². The second-order valence-corrected chi connectivity index (χ2v) is 12.1. The van der Waals surface area contributed by atoms with Crippen LogP contribution < -0.4 is 0 Å². The highest BCUT2D eigenvalue weighted by molar-refractivity contribution is 5.91. The van der Waals surface area contributed by atoms with Crippen molar-refractivity contribution in [1.29, 1.82) is 0 Å². The van der Waals surface area contributed by atoms with Gasteiger partial charge in [-0.25, -0.2) is 0 Å². The van der Waals surface area contributed by atoms with Crippen LogP contribution in [0.1, 0.15) is 98.8 Å². The van der Waals surface area contributed by atoms with Crippen LogP contribution in [0.25, 0.3) is 0 Å². The molecule has 0 aliphatic heterocycles. The SMILES string of the molecule is CC(C)CCCC(C)C1CCC2[C@@H]3CCC4CC(=O)C=C[C@]4(C)C3CC[C@]12C. The van der Waals surface area contributed by atoms with Gasteiger partial charge in [0.05, 0.1) is 0 Å². The van der Waals surface area contributed by atoms with Gasteiger partial charge in [0, 0.05) is 6.42 Å². The molecule has 0 heterocycles. The monoisotopic (exact) mass is 384 g/mol. The maximum Gasteiger partial charge on any atom is 0.155 e. The molecule has 0 N–H and O–H groups in total. The summed E-state index contributed by atoms with van der Waals surface area (Å²) in [4.78, 5) is 12.0. The summed E-state index contributed by atoms with van der Waals surface area (Å²) in [7, 11) is 0. The summed E-state index contributed by atoms with van der Waals surface area (Å²) < 4.78 is 0. The molecule has 0 saturated heterocycles. The Balaban J connectivity index is 1.49. The molecule has 1 heteroatoms. The Bertz CT molecular complexity index is 618. The quantitative estimate of drug-likeness (QED) is 0.481. The second-order valence-electron chi connectivity index (χ2n) is 12.1. The van der Waals surface area contributed by atoms with Gasteiger partial charge < -0.3 is 0 Å². The fraction of sp³-hybridized carbons (Fsp3) is 0.889. The van der Waals surface area contributed by atoms with Gasteiger partial charge >= 0.3 is 0 Å². The van der Waals surface area contributed by atoms with Gasteiger partial charge in [0.15, 0.2) is 5.78 Å². The van der Waals surface area contributed by atoms with E-state index in [-0.39, 0.29) is 0 Å². The van der Waals surface area contributed by atoms with Crippen LogP contribution in [-0.4, -0.2) is 5.78 Å². The van der Waals surface area contributed by atoms with Gasteiger partial charge in [-0.2, -0.15) is 0 Å². The number of hydrogen-bond acceptors (Lipinski definition) is 1. The Hall–Kier alpha value is -0.590. The van der Waals surface area contributed by atoms with Crippen molar-refractivity contribution in [2.75, 3.05) is 0 Å². The lowest BCUT2D eigenvalue weighted by Crippen LogP contribution is -2.52. The first-order valence-electron chi connectivity index (χ1n) is 12.5. The van der Waals surface area contributed by atoms with Gasteiger partial charge in [-0.3, -0.25) is 4.79 Å². The number of carbonyl (C=O) groups excluding carboxylic acids is 1. The topological polar surface area (TPSA) is 17.1 Å². The van der Waals surface area contributed by atoms with Crippen molar-refractivity contribution in [2.45, 2.75) is 98.8 Å². The summed E-state index contributed by atoms with van der Waals surface area (Å²) in [5.41, 5.74) is 0.870. The number of carbonyl (C=O) groups is 1. The Kier molecular flexibility index (Phi) is 5.60. The normalized spacial score (nSPS) is 46.2. The van der Waals surface area contributed by atoms with E-state index < -0.39 is 0 Å². The minimum atomic E-state index is 0.291. The van der Waals surface area contributed by atoms with E-state index in [1.807, 2.05) is 6.08 Å². The first-order valence-corrected chi connectivity index (χ1v) is 12.5. The van der Waals surface area contributed by atoms with Crippen molar-refractivity contribution >= 4 is 5.78 Å². The standard InChI is InChI=1S/C27H44O/c1-18(2)7-6-8-19(3)23-11-12-24-22-10-9-20-17-21(28)13-15-26(20,4)25(22)14-16-27(23,24)5/h13,15,18-20,22-25H,6-12,14,16-17H2,1-5H3/t19?,20?,22-,23?,24?,25?,26-,27+/m0/s1. The van der Waals surface area contributed by atoms with Crippen molar-refractivity contribution in [2.24, 2.45) is 52.3 Å².